The zero-order valence-electron chi connectivity index (χ0n) is 10.4. The Hall–Kier alpha value is -0.390. The van der Waals surface area contributed by atoms with Crippen molar-refractivity contribution in [2.24, 2.45) is 0 Å². The zero-order chi connectivity index (χ0) is 13.2. The molecule has 0 amide bonds. The van der Waals surface area contributed by atoms with Crippen molar-refractivity contribution in [3.63, 3.8) is 0 Å². The Morgan fingerprint density at radius 1 is 1.33 bits per heavy atom. The van der Waals surface area contributed by atoms with E-state index in [9.17, 15) is 8.42 Å². The summed E-state index contributed by atoms with van der Waals surface area (Å²) >= 11 is 3.48. The van der Waals surface area contributed by atoms with Crippen LogP contribution in [-0.2, 0) is 16.4 Å². The summed E-state index contributed by atoms with van der Waals surface area (Å²) in [7, 11) is -2.76. The van der Waals surface area contributed by atoms with Gasteiger partial charge in [0, 0.05) is 17.1 Å². The Kier molecular flexibility index (Phi) is 4.45. The van der Waals surface area contributed by atoms with Gasteiger partial charge in [0.05, 0.1) is 11.5 Å². The third-order valence-electron chi connectivity index (χ3n) is 3.37. The molecule has 100 valence electrons. The average molecular weight is 332 g/mol. The number of benzene rings is 1. The Bertz CT molecular complexity index is 514. The SMILES string of the molecule is Cc1cc(CNC2CCS(=O)(=O)CC2)ccc1Br. The Morgan fingerprint density at radius 2 is 2.00 bits per heavy atom. The quantitative estimate of drug-likeness (QED) is 0.925. The molecule has 1 aliphatic rings. The van der Waals surface area contributed by atoms with E-state index in [1.54, 1.807) is 0 Å². The first kappa shape index (κ1) is 14.0. The number of hydrogen-bond acceptors (Lipinski definition) is 3. The van der Waals surface area contributed by atoms with Crippen molar-refractivity contribution < 1.29 is 8.42 Å². The van der Waals surface area contributed by atoms with E-state index >= 15 is 0 Å². The number of aryl methyl sites for hydroxylation is 1. The normalized spacial score (nSPS) is 19.9. The van der Waals surface area contributed by atoms with Gasteiger partial charge in [-0.25, -0.2) is 8.42 Å². The molecule has 2 rings (SSSR count). The molecule has 5 heteroatoms. The van der Waals surface area contributed by atoms with E-state index in [1.165, 1.54) is 11.1 Å². The summed E-state index contributed by atoms with van der Waals surface area (Å²) in [6.45, 7) is 2.87. The van der Waals surface area contributed by atoms with Crippen LogP contribution in [0.25, 0.3) is 0 Å². The van der Waals surface area contributed by atoms with Crippen LogP contribution in [0.4, 0.5) is 0 Å². The fraction of sp³-hybridized carbons (Fsp3) is 0.538. The molecular weight excluding hydrogens is 314 g/mol. The smallest absolute Gasteiger partial charge is 0.150 e. The maximum Gasteiger partial charge on any atom is 0.150 e. The van der Waals surface area contributed by atoms with Crippen LogP contribution < -0.4 is 5.32 Å². The van der Waals surface area contributed by atoms with Crippen LogP contribution in [0.1, 0.15) is 24.0 Å². The van der Waals surface area contributed by atoms with E-state index < -0.39 is 9.84 Å². The van der Waals surface area contributed by atoms with Gasteiger partial charge in [-0.1, -0.05) is 28.1 Å². The van der Waals surface area contributed by atoms with Crippen LogP contribution in [0, 0.1) is 6.92 Å². The number of nitrogens with one attached hydrogen (secondary N) is 1. The molecule has 0 unspecified atom stereocenters. The Labute approximate surface area is 117 Å². The predicted octanol–water partition coefficient (Wildman–Crippen LogP) is 2.42. The molecule has 1 N–H and O–H groups in total. The van der Waals surface area contributed by atoms with Crippen molar-refractivity contribution in [3.8, 4) is 0 Å². The highest BCUT2D eigenvalue weighted by molar-refractivity contribution is 9.10. The van der Waals surface area contributed by atoms with Gasteiger partial charge >= 0.3 is 0 Å². The molecule has 1 saturated heterocycles. The Balaban J connectivity index is 1.87. The molecule has 0 radical (unpaired) electrons. The second kappa shape index (κ2) is 5.72. The van der Waals surface area contributed by atoms with Crippen LogP contribution in [0.2, 0.25) is 0 Å². The van der Waals surface area contributed by atoms with E-state index in [0.29, 0.717) is 17.5 Å². The van der Waals surface area contributed by atoms with Crippen LogP contribution in [0.15, 0.2) is 22.7 Å². The maximum atomic E-state index is 11.3. The van der Waals surface area contributed by atoms with Crippen molar-refractivity contribution in [1.29, 1.82) is 0 Å². The van der Waals surface area contributed by atoms with E-state index in [-0.39, 0.29) is 0 Å². The molecule has 1 aromatic rings. The lowest BCUT2D eigenvalue weighted by molar-refractivity contribution is 0.463. The van der Waals surface area contributed by atoms with E-state index in [1.807, 2.05) is 0 Å². The molecule has 0 spiro atoms. The molecule has 0 aliphatic carbocycles. The largest absolute Gasteiger partial charge is 0.310 e. The van der Waals surface area contributed by atoms with E-state index in [4.69, 9.17) is 0 Å². The standard InChI is InChI=1S/C13H18BrNO2S/c1-10-8-11(2-3-13(10)14)9-15-12-4-6-18(16,17)7-5-12/h2-3,8,12,15H,4-7,9H2,1H3. The van der Waals surface area contributed by atoms with Gasteiger partial charge in [0.2, 0.25) is 0 Å². The minimum atomic E-state index is -2.76. The first-order valence-corrected chi connectivity index (χ1v) is 8.76. The second-order valence-electron chi connectivity index (χ2n) is 4.89. The molecule has 0 bridgehead atoms. The summed E-state index contributed by atoms with van der Waals surface area (Å²) in [6, 6.07) is 6.62. The molecule has 1 aliphatic heterocycles. The summed E-state index contributed by atoms with van der Waals surface area (Å²) in [5.74, 6) is 0.647. The molecule has 18 heavy (non-hydrogen) atoms. The molecule has 0 saturated carbocycles. The summed E-state index contributed by atoms with van der Waals surface area (Å²) < 4.78 is 23.8. The van der Waals surface area contributed by atoms with Gasteiger partial charge < -0.3 is 5.32 Å². The number of rotatable bonds is 3. The molecule has 1 heterocycles. The van der Waals surface area contributed by atoms with Gasteiger partial charge in [0.1, 0.15) is 9.84 Å². The highest BCUT2D eigenvalue weighted by Gasteiger charge is 2.22. The van der Waals surface area contributed by atoms with Gasteiger partial charge in [-0.15, -0.1) is 0 Å². The van der Waals surface area contributed by atoms with Gasteiger partial charge in [-0.05, 0) is 37.0 Å². The lowest BCUT2D eigenvalue weighted by Crippen LogP contribution is -2.37. The summed E-state index contributed by atoms with van der Waals surface area (Å²) in [5.41, 5.74) is 2.46. The second-order valence-corrected chi connectivity index (χ2v) is 8.05. The minimum Gasteiger partial charge on any atom is -0.310 e. The Morgan fingerprint density at radius 3 is 2.61 bits per heavy atom. The highest BCUT2D eigenvalue weighted by atomic mass is 79.9. The van der Waals surface area contributed by atoms with Gasteiger partial charge in [0.15, 0.2) is 0 Å². The van der Waals surface area contributed by atoms with Crippen LogP contribution in [0.5, 0.6) is 0 Å². The first-order chi connectivity index (χ1) is 8.46. The van der Waals surface area contributed by atoms with E-state index in [0.717, 1.165) is 23.9 Å². The van der Waals surface area contributed by atoms with Crippen molar-refractivity contribution in [2.75, 3.05) is 11.5 Å². The van der Waals surface area contributed by atoms with Gasteiger partial charge in [-0.2, -0.15) is 0 Å². The lowest BCUT2D eigenvalue weighted by atomic mass is 10.1. The fourth-order valence-electron chi connectivity index (χ4n) is 2.17. The number of hydrogen-bond donors (Lipinski definition) is 1. The van der Waals surface area contributed by atoms with Crippen LogP contribution in [-0.4, -0.2) is 26.0 Å². The first-order valence-electron chi connectivity index (χ1n) is 6.15. The van der Waals surface area contributed by atoms with Crippen LogP contribution in [0.3, 0.4) is 0 Å². The summed E-state index contributed by atoms with van der Waals surface area (Å²) in [5, 5.41) is 3.44. The molecular formula is C13H18BrNO2S. The topological polar surface area (TPSA) is 46.2 Å². The average Bonchev–Trinajstić information content (AvgIpc) is 2.32. The molecule has 1 fully saturated rings. The molecule has 0 aromatic heterocycles. The molecule has 3 nitrogen and oxygen atoms in total. The number of halogens is 1. The van der Waals surface area contributed by atoms with Crippen molar-refractivity contribution in [2.45, 2.75) is 32.4 Å². The maximum absolute atomic E-state index is 11.3. The fourth-order valence-corrected chi connectivity index (χ4v) is 3.91. The van der Waals surface area contributed by atoms with Crippen molar-refractivity contribution in [3.05, 3.63) is 33.8 Å². The highest BCUT2D eigenvalue weighted by Crippen LogP contribution is 2.18. The van der Waals surface area contributed by atoms with Gasteiger partial charge in [-0.3, -0.25) is 0 Å². The van der Waals surface area contributed by atoms with Gasteiger partial charge in [0.25, 0.3) is 0 Å². The van der Waals surface area contributed by atoms with Crippen LogP contribution >= 0.6 is 15.9 Å². The zero-order valence-corrected chi connectivity index (χ0v) is 12.9. The van der Waals surface area contributed by atoms with Crippen molar-refractivity contribution in [1.82, 2.24) is 5.32 Å². The summed E-state index contributed by atoms with van der Waals surface area (Å²) in [4.78, 5) is 0. The third-order valence-corrected chi connectivity index (χ3v) is 5.98. The number of sulfone groups is 1. The third kappa shape index (κ3) is 3.80. The predicted molar refractivity (Wildman–Crippen MR) is 77.4 cm³/mol. The minimum absolute atomic E-state index is 0.323. The molecule has 1 aromatic carbocycles. The monoisotopic (exact) mass is 331 g/mol. The lowest BCUT2D eigenvalue weighted by Gasteiger charge is -2.23. The van der Waals surface area contributed by atoms with E-state index in [2.05, 4.69) is 46.4 Å². The summed E-state index contributed by atoms with van der Waals surface area (Å²) in [6.07, 6.45) is 1.47. The molecule has 0 atom stereocenters. The van der Waals surface area contributed by atoms with Crippen molar-refractivity contribution >= 4 is 25.8 Å².